The molecule has 4 aromatic rings. The van der Waals surface area contributed by atoms with Crippen molar-refractivity contribution in [2.75, 3.05) is 5.32 Å². The highest BCUT2D eigenvalue weighted by Crippen LogP contribution is 2.26. The molecule has 2 aromatic heterocycles. The molecule has 0 saturated carbocycles. The molecule has 7 heteroatoms. The number of nitrogens with one attached hydrogen (secondary N) is 1. The second-order valence-electron chi connectivity index (χ2n) is 7.91. The fraction of sp³-hybridized carbons (Fsp3) is 0.250. The number of anilines is 1. The van der Waals surface area contributed by atoms with Gasteiger partial charge in [0.2, 0.25) is 0 Å². The summed E-state index contributed by atoms with van der Waals surface area (Å²) in [5.41, 5.74) is 3.16. The fourth-order valence-electron chi connectivity index (χ4n) is 4.15. The average Bonchev–Trinajstić information content (AvgIpc) is 3.01. The first-order chi connectivity index (χ1) is 15.1. The van der Waals surface area contributed by atoms with Crippen LogP contribution in [0.5, 0.6) is 0 Å². The van der Waals surface area contributed by atoms with Gasteiger partial charge in [-0.25, -0.2) is 4.39 Å². The van der Waals surface area contributed by atoms with E-state index in [1.165, 1.54) is 18.6 Å². The van der Waals surface area contributed by atoms with Crippen LogP contribution in [0.25, 0.3) is 22.3 Å². The maximum atomic E-state index is 13.6. The number of amides is 1. The topological polar surface area (TPSA) is 72.7 Å². The summed E-state index contributed by atoms with van der Waals surface area (Å²) in [6.07, 6.45) is 4.39. The smallest absolute Gasteiger partial charge is 0.256 e. The number of halogens is 1. The Morgan fingerprint density at radius 1 is 1.06 bits per heavy atom. The van der Waals surface area contributed by atoms with Crippen molar-refractivity contribution < 1.29 is 9.18 Å². The van der Waals surface area contributed by atoms with Crippen LogP contribution in [0.4, 0.5) is 10.1 Å². The van der Waals surface area contributed by atoms with E-state index in [2.05, 4.69) is 25.1 Å². The van der Waals surface area contributed by atoms with Gasteiger partial charge in [0, 0.05) is 41.4 Å². The first kappa shape index (κ1) is 19.4. The largest absolute Gasteiger partial charge is 0.322 e. The van der Waals surface area contributed by atoms with Crippen LogP contribution in [-0.2, 0) is 13.0 Å². The van der Waals surface area contributed by atoms with E-state index in [1.807, 2.05) is 24.3 Å². The van der Waals surface area contributed by atoms with Crippen molar-refractivity contribution >= 4 is 22.5 Å². The number of pyridine rings is 1. The van der Waals surface area contributed by atoms with Crippen LogP contribution in [0.1, 0.15) is 41.1 Å². The first-order valence-electron chi connectivity index (χ1n) is 10.5. The average molecular weight is 415 g/mol. The zero-order valence-electron chi connectivity index (χ0n) is 17.2. The zero-order valence-corrected chi connectivity index (χ0v) is 17.2. The van der Waals surface area contributed by atoms with Gasteiger partial charge in [0.05, 0.1) is 11.1 Å². The van der Waals surface area contributed by atoms with Gasteiger partial charge >= 0.3 is 0 Å². The molecule has 0 atom stereocenters. The van der Waals surface area contributed by atoms with Gasteiger partial charge in [-0.1, -0.05) is 18.6 Å². The summed E-state index contributed by atoms with van der Waals surface area (Å²) in [6.45, 7) is 2.70. The van der Waals surface area contributed by atoms with Gasteiger partial charge in [0.15, 0.2) is 5.82 Å². The molecular weight excluding hydrogens is 393 g/mol. The predicted octanol–water partition coefficient (Wildman–Crippen LogP) is 4.92. The Labute approximate surface area is 179 Å². The van der Waals surface area contributed by atoms with E-state index in [4.69, 9.17) is 0 Å². The molecule has 0 aliphatic carbocycles. The second-order valence-corrected chi connectivity index (χ2v) is 7.91. The molecule has 2 aromatic carbocycles. The lowest BCUT2D eigenvalue weighted by Crippen LogP contribution is -2.13. The highest BCUT2D eigenvalue weighted by Gasteiger charge is 2.17. The number of fused-ring (bicyclic) bond motifs is 2. The molecule has 6 nitrogen and oxygen atoms in total. The number of aryl methyl sites for hydroxylation is 2. The molecule has 3 heterocycles. The quantitative estimate of drug-likeness (QED) is 0.516. The van der Waals surface area contributed by atoms with Gasteiger partial charge in [0.25, 0.3) is 5.91 Å². The summed E-state index contributed by atoms with van der Waals surface area (Å²) in [5.74, 6) is 1.21. The number of nitrogens with zero attached hydrogens (tertiary/aromatic N) is 4. The molecule has 5 rings (SSSR count). The summed E-state index contributed by atoms with van der Waals surface area (Å²) in [6, 6.07) is 13.6. The van der Waals surface area contributed by atoms with Crippen LogP contribution < -0.4 is 5.32 Å². The third-order valence-electron chi connectivity index (χ3n) is 5.63. The van der Waals surface area contributed by atoms with Crippen molar-refractivity contribution in [3.8, 4) is 11.4 Å². The molecule has 0 bridgehead atoms. The van der Waals surface area contributed by atoms with Gasteiger partial charge < -0.3 is 9.88 Å². The lowest BCUT2D eigenvalue weighted by molar-refractivity contribution is 0.102. The number of hydrogen-bond donors (Lipinski definition) is 1. The standard InChI is InChI=1S/C24H22FN5O/c1-15-12-20(19-10-9-17(25)14-21(19)26-15)24(31)27-18-7-5-6-16(13-18)23-29-28-22-8-3-2-4-11-30(22)23/h5-7,9-10,12-14H,2-4,8,11H2,1H3,(H,27,31). The minimum Gasteiger partial charge on any atom is -0.322 e. The van der Waals surface area contributed by atoms with Crippen LogP contribution in [0.15, 0.2) is 48.5 Å². The molecule has 0 radical (unpaired) electrons. The zero-order chi connectivity index (χ0) is 21.4. The highest BCUT2D eigenvalue weighted by atomic mass is 19.1. The molecule has 0 saturated heterocycles. The van der Waals surface area contributed by atoms with Gasteiger partial charge in [-0.3, -0.25) is 9.78 Å². The minimum absolute atomic E-state index is 0.265. The molecule has 1 aliphatic heterocycles. The van der Waals surface area contributed by atoms with Crippen molar-refractivity contribution in [3.63, 3.8) is 0 Å². The van der Waals surface area contributed by atoms with Crippen LogP contribution in [0.3, 0.4) is 0 Å². The molecular formula is C24H22FN5O. The predicted molar refractivity (Wildman–Crippen MR) is 117 cm³/mol. The Hall–Kier alpha value is -3.61. The van der Waals surface area contributed by atoms with Crippen LogP contribution in [0.2, 0.25) is 0 Å². The van der Waals surface area contributed by atoms with Crippen molar-refractivity contribution in [1.82, 2.24) is 19.7 Å². The van der Waals surface area contributed by atoms with E-state index in [0.29, 0.717) is 27.8 Å². The maximum Gasteiger partial charge on any atom is 0.256 e. The highest BCUT2D eigenvalue weighted by molar-refractivity contribution is 6.12. The van der Waals surface area contributed by atoms with Crippen molar-refractivity contribution in [2.24, 2.45) is 0 Å². The number of rotatable bonds is 3. The number of benzene rings is 2. The van der Waals surface area contributed by atoms with E-state index in [9.17, 15) is 9.18 Å². The molecule has 1 aliphatic rings. The van der Waals surface area contributed by atoms with E-state index in [-0.39, 0.29) is 11.7 Å². The summed E-state index contributed by atoms with van der Waals surface area (Å²) in [7, 11) is 0. The van der Waals surface area contributed by atoms with E-state index in [1.54, 1.807) is 19.1 Å². The van der Waals surface area contributed by atoms with Crippen LogP contribution >= 0.6 is 0 Å². The number of carbonyl (C=O) groups is 1. The Balaban J connectivity index is 1.47. The van der Waals surface area contributed by atoms with Crippen molar-refractivity contribution in [2.45, 2.75) is 39.2 Å². The van der Waals surface area contributed by atoms with Gasteiger partial charge in [0.1, 0.15) is 11.6 Å². The Kier molecular flexibility index (Phi) is 4.94. The molecule has 0 unspecified atom stereocenters. The third kappa shape index (κ3) is 3.79. The molecule has 1 N–H and O–H groups in total. The van der Waals surface area contributed by atoms with E-state index in [0.717, 1.165) is 43.0 Å². The van der Waals surface area contributed by atoms with E-state index < -0.39 is 0 Å². The van der Waals surface area contributed by atoms with Crippen LogP contribution in [0, 0.1) is 12.7 Å². The molecule has 156 valence electrons. The number of aromatic nitrogens is 4. The SMILES string of the molecule is Cc1cc(C(=O)Nc2cccc(-c3nnc4n3CCCCC4)c2)c2ccc(F)cc2n1. The van der Waals surface area contributed by atoms with Gasteiger partial charge in [-0.15, -0.1) is 10.2 Å². The third-order valence-corrected chi connectivity index (χ3v) is 5.63. The summed E-state index contributed by atoms with van der Waals surface area (Å²) >= 11 is 0. The summed E-state index contributed by atoms with van der Waals surface area (Å²) < 4.78 is 15.8. The lowest BCUT2D eigenvalue weighted by atomic mass is 10.1. The van der Waals surface area contributed by atoms with Gasteiger partial charge in [-0.2, -0.15) is 0 Å². The number of carbonyl (C=O) groups excluding carboxylic acids is 1. The Morgan fingerprint density at radius 2 is 1.97 bits per heavy atom. The molecule has 0 fully saturated rings. The normalized spacial score (nSPS) is 13.6. The van der Waals surface area contributed by atoms with Crippen LogP contribution in [-0.4, -0.2) is 25.7 Å². The second kappa shape index (κ2) is 7.91. The maximum absolute atomic E-state index is 13.6. The van der Waals surface area contributed by atoms with Gasteiger partial charge in [-0.05, 0) is 50.1 Å². The van der Waals surface area contributed by atoms with E-state index >= 15 is 0 Å². The Bertz CT molecular complexity index is 1290. The summed E-state index contributed by atoms with van der Waals surface area (Å²) in [4.78, 5) is 17.4. The minimum atomic E-state index is -0.378. The van der Waals surface area contributed by atoms with Crippen molar-refractivity contribution in [1.29, 1.82) is 0 Å². The monoisotopic (exact) mass is 415 g/mol. The molecule has 1 amide bonds. The summed E-state index contributed by atoms with van der Waals surface area (Å²) in [5, 5.41) is 12.4. The fourth-order valence-corrected chi connectivity index (χ4v) is 4.15. The molecule has 0 spiro atoms. The van der Waals surface area contributed by atoms with Crippen molar-refractivity contribution in [3.05, 3.63) is 71.4 Å². The first-order valence-corrected chi connectivity index (χ1v) is 10.5. The number of hydrogen-bond acceptors (Lipinski definition) is 4. The lowest BCUT2D eigenvalue weighted by Gasteiger charge is -2.11. The Morgan fingerprint density at radius 3 is 2.87 bits per heavy atom. The molecule has 31 heavy (non-hydrogen) atoms.